The number of primary amides is 1. The lowest BCUT2D eigenvalue weighted by Gasteiger charge is -2.35. The van der Waals surface area contributed by atoms with Crippen LogP contribution >= 0.6 is 0 Å². The lowest BCUT2D eigenvalue weighted by atomic mass is 10.0. The highest BCUT2D eigenvalue weighted by atomic mass is 19.4. The number of hydrogen-bond donors (Lipinski definition) is 2. The Balaban J connectivity index is 1.65. The molecule has 1 aliphatic heterocycles. The van der Waals surface area contributed by atoms with Gasteiger partial charge in [-0.2, -0.15) is 13.2 Å². The van der Waals surface area contributed by atoms with Crippen molar-refractivity contribution in [1.82, 2.24) is 19.7 Å². The second-order valence-electron chi connectivity index (χ2n) is 9.83. The normalized spacial score (nSPS) is 14.7. The van der Waals surface area contributed by atoms with Crippen molar-refractivity contribution in [3.8, 4) is 22.5 Å². The van der Waals surface area contributed by atoms with Crippen LogP contribution < -0.4 is 5.73 Å². The molecule has 0 unspecified atom stereocenters. The zero-order valence-electron chi connectivity index (χ0n) is 21.5. The maximum atomic E-state index is 13.7. The minimum atomic E-state index is -4.43. The van der Waals surface area contributed by atoms with Crippen LogP contribution in [-0.4, -0.2) is 84.9 Å². The summed E-state index contributed by atoms with van der Waals surface area (Å²) in [6, 6.07) is 13.7. The Bertz CT molecular complexity index is 1280. The third kappa shape index (κ3) is 6.62. The first-order valence-corrected chi connectivity index (χ1v) is 12.5. The van der Waals surface area contributed by atoms with Gasteiger partial charge in [-0.05, 0) is 55.1 Å². The van der Waals surface area contributed by atoms with Crippen molar-refractivity contribution in [2.24, 2.45) is 5.73 Å². The second-order valence-corrected chi connectivity index (χ2v) is 9.83. The van der Waals surface area contributed by atoms with E-state index >= 15 is 0 Å². The largest absolute Gasteiger partial charge is 0.416 e. The number of nitrogens with zero attached hydrogens (tertiary/aromatic N) is 3. The Morgan fingerprint density at radius 2 is 1.66 bits per heavy atom. The summed E-state index contributed by atoms with van der Waals surface area (Å²) in [7, 11) is 4.06. The van der Waals surface area contributed by atoms with Gasteiger partial charge in [0.25, 0.3) is 5.91 Å². The minimum absolute atomic E-state index is 0.0541. The van der Waals surface area contributed by atoms with Crippen molar-refractivity contribution in [1.29, 1.82) is 0 Å². The molecule has 1 aromatic heterocycles. The van der Waals surface area contributed by atoms with Crippen LogP contribution in [0, 0.1) is 0 Å². The van der Waals surface area contributed by atoms with Gasteiger partial charge in [0.2, 0.25) is 5.91 Å². The van der Waals surface area contributed by atoms with Gasteiger partial charge in [-0.15, -0.1) is 0 Å². The zero-order chi connectivity index (χ0) is 27.4. The van der Waals surface area contributed by atoms with Gasteiger partial charge in [-0.1, -0.05) is 30.3 Å². The molecule has 0 bridgehead atoms. The van der Waals surface area contributed by atoms with Gasteiger partial charge >= 0.3 is 6.18 Å². The van der Waals surface area contributed by atoms with Crippen LogP contribution in [0.3, 0.4) is 0 Å². The van der Waals surface area contributed by atoms with Crippen molar-refractivity contribution >= 4 is 11.8 Å². The molecule has 0 aliphatic carbocycles. The van der Waals surface area contributed by atoms with Crippen LogP contribution in [0.25, 0.3) is 22.5 Å². The number of rotatable bonds is 8. The van der Waals surface area contributed by atoms with Gasteiger partial charge in [0.15, 0.2) is 0 Å². The van der Waals surface area contributed by atoms with E-state index in [-0.39, 0.29) is 12.3 Å². The van der Waals surface area contributed by atoms with Gasteiger partial charge in [0.1, 0.15) is 0 Å². The molecule has 2 heterocycles. The molecule has 10 heteroatoms. The van der Waals surface area contributed by atoms with Crippen LogP contribution in [0.5, 0.6) is 0 Å². The molecule has 1 aliphatic rings. The molecule has 2 amide bonds. The van der Waals surface area contributed by atoms with Crippen molar-refractivity contribution in [3.63, 3.8) is 0 Å². The third-order valence-corrected chi connectivity index (χ3v) is 6.69. The highest BCUT2D eigenvalue weighted by Crippen LogP contribution is 2.34. The molecule has 3 N–H and O–H groups in total. The topological polar surface area (TPSA) is 85.7 Å². The van der Waals surface area contributed by atoms with Crippen LogP contribution in [0.15, 0.2) is 54.6 Å². The number of alkyl halides is 3. The fraction of sp³-hybridized carbons (Fsp3) is 0.357. The second kappa shape index (κ2) is 11.4. The monoisotopic (exact) mass is 527 g/mol. The molecular formula is C28H32F3N5O2. The third-order valence-electron chi connectivity index (χ3n) is 6.69. The first-order valence-electron chi connectivity index (χ1n) is 12.5. The Morgan fingerprint density at radius 1 is 0.974 bits per heavy atom. The van der Waals surface area contributed by atoms with Gasteiger partial charge in [0, 0.05) is 45.0 Å². The lowest BCUT2D eigenvalue weighted by molar-refractivity contribution is -0.137. The van der Waals surface area contributed by atoms with E-state index in [1.54, 1.807) is 24.3 Å². The molecule has 3 aromatic rings. The zero-order valence-corrected chi connectivity index (χ0v) is 21.5. The SMILES string of the molecule is CN(C)CCN1CCN(C(=O)c2cc(-c3ccc(C(F)(F)F)cc3)[nH]c2-c2cccc(CC(N)=O)c2)CC1. The predicted octanol–water partition coefficient (Wildman–Crippen LogP) is 3.71. The smallest absolute Gasteiger partial charge is 0.369 e. The molecule has 0 radical (unpaired) electrons. The summed E-state index contributed by atoms with van der Waals surface area (Å²) in [5.74, 6) is -0.621. The van der Waals surface area contributed by atoms with Gasteiger partial charge in [-0.3, -0.25) is 14.5 Å². The number of aromatic nitrogens is 1. The van der Waals surface area contributed by atoms with Crippen molar-refractivity contribution < 1.29 is 22.8 Å². The summed E-state index contributed by atoms with van der Waals surface area (Å²) >= 11 is 0. The fourth-order valence-corrected chi connectivity index (χ4v) is 4.57. The molecule has 38 heavy (non-hydrogen) atoms. The summed E-state index contributed by atoms with van der Waals surface area (Å²) in [5, 5.41) is 0. The summed E-state index contributed by atoms with van der Waals surface area (Å²) < 4.78 is 39.2. The van der Waals surface area contributed by atoms with Gasteiger partial charge in [0.05, 0.1) is 23.2 Å². The molecule has 0 atom stereocenters. The van der Waals surface area contributed by atoms with E-state index in [0.717, 1.165) is 38.3 Å². The summed E-state index contributed by atoms with van der Waals surface area (Å²) in [4.78, 5) is 34.7. The van der Waals surface area contributed by atoms with E-state index in [4.69, 9.17) is 5.73 Å². The Hall–Kier alpha value is -3.63. The Kier molecular flexibility index (Phi) is 8.23. The molecule has 4 rings (SSSR count). The summed E-state index contributed by atoms with van der Waals surface area (Å²) in [6.45, 7) is 4.55. The van der Waals surface area contributed by atoms with Crippen molar-refractivity contribution in [3.05, 3.63) is 71.3 Å². The average Bonchev–Trinajstić information content (AvgIpc) is 3.32. The molecule has 202 valence electrons. The number of carbonyl (C=O) groups is 2. The number of likely N-dealkylation sites (N-methyl/N-ethyl adjacent to an activating group) is 1. The van der Waals surface area contributed by atoms with E-state index in [1.165, 1.54) is 12.1 Å². The average molecular weight is 528 g/mol. The standard InChI is InChI=1S/C28H32F3N5O2/c1-34(2)10-11-35-12-14-36(15-13-35)27(38)23-18-24(20-6-8-22(9-7-20)28(29,30)31)33-26(23)21-5-3-4-19(16-21)17-25(32)37/h3-9,16,18,33H,10-15,17H2,1-2H3,(H2,32,37). The minimum Gasteiger partial charge on any atom is -0.369 e. The van der Waals surface area contributed by atoms with Crippen LogP contribution in [0.4, 0.5) is 13.2 Å². The number of amides is 2. The van der Waals surface area contributed by atoms with E-state index in [2.05, 4.69) is 14.8 Å². The van der Waals surface area contributed by atoms with E-state index in [9.17, 15) is 22.8 Å². The number of nitrogens with two attached hydrogens (primary N) is 1. The maximum absolute atomic E-state index is 13.7. The number of H-pyrrole nitrogens is 1. The molecule has 1 saturated heterocycles. The fourth-order valence-electron chi connectivity index (χ4n) is 4.57. The number of hydrogen-bond acceptors (Lipinski definition) is 4. The van der Waals surface area contributed by atoms with Crippen LogP contribution in [-0.2, 0) is 17.4 Å². The number of benzene rings is 2. The number of aromatic amines is 1. The molecule has 2 aromatic carbocycles. The predicted molar refractivity (Wildman–Crippen MR) is 140 cm³/mol. The van der Waals surface area contributed by atoms with Crippen molar-refractivity contribution in [2.75, 3.05) is 53.4 Å². The maximum Gasteiger partial charge on any atom is 0.416 e. The summed E-state index contributed by atoms with van der Waals surface area (Å²) in [5.41, 5.74) is 8.05. The summed E-state index contributed by atoms with van der Waals surface area (Å²) in [6.07, 6.45) is -4.38. The lowest BCUT2D eigenvalue weighted by Crippen LogP contribution is -2.50. The molecular weight excluding hydrogens is 495 g/mol. The van der Waals surface area contributed by atoms with Crippen LogP contribution in [0.2, 0.25) is 0 Å². The molecule has 7 nitrogen and oxygen atoms in total. The van der Waals surface area contributed by atoms with E-state index in [0.29, 0.717) is 46.7 Å². The number of halogens is 3. The molecule has 0 spiro atoms. The Labute approximate surface area is 220 Å². The van der Waals surface area contributed by atoms with Crippen molar-refractivity contribution in [2.45, 2.75) is 12.6 Å². The van der Waals surface area contributed by atoms with Crippen LogP contribution in [0.1, 0.15) is 21.5 Å². The highest BCUT2D eigenvalue weighted by molar-refractivity contribution is 6.02. The number of carbonyl (C=O) groups excluding carboxylic acids is 2. The number of piperazine rings is 1. The first kappa shape index (κ1) is 27.4. The van der Waals surface area contributed by atoms with E-state index < -0.39 is 17.6 Å². The first-order chi connectivity index (χ1) is 18.0. The molecule has 1 fully saturated rings. The van der Waals surface area contributed by atoms with E-state index in [1.807, 2.05) is 25.1 Å². The number of nitrogens with one attached hydrogen (secondary N) is 1. The van der Waals surface area contributed by atoms with Gasteiger partial charge in [-0.25, -0.2) is 0 Å². The quantitative estimate of drug-likeness (QED) is 0.468. The van der Waals surface area contributed by atoms with Gasteiger partial charge < -0.3 is 20.5 Å². The molecule has 0 saturated carbocycles. The Morgan fingerprint density at radius 3 is 2.26 bits per heavy atom. The highest BCUT2D eigenvalue weighted by Gasteiger charge is 2.30.